The van der Waals surface area contributed by atoms with Crippen molar-refractivity contribution in [2.24, 2.45) is 0 Å². The normalized spacial score (nSPS) is 22.5. The molecule has 0 aromatic heterocycles. The van der Waals surface area contributed by atoms with E-state index in [9.17, 15) is 0 Å². The van der Waals surface area contributed by atoms with Crippen molar-refractivity contribution in [1.82, 2.24) is 0 Å². The maximum Gasteiger partial charge on any atom is 0.0563 e. The van der Waals surface area contributed by atoms with Crippen molar-refractivity contribution >= 4 is 29.1 Å². The molecule has 1 fully saturated rings. The van der Waals surface area contributed by atoms with Gasteiger partial charge in [0, 0.05) is 21.9 Å². The van der Waals surface area contributed by atoms with E-state index in [2.05, 4.69) is 11.4 Å². The number of fused-ring (bicyclic) bond motifs is 1. The summed E-state index contributed by atoms with van der Waals surface area (Å²) in [6.45, 7) is 1.10. The van der Waals surface area contributed by atoms with E-state index in [1.807, 2.05) is 23.9 Å². The lowest BCUT2D eigenvalue weighted by molar-refractivity contribution is 0.631. The lowest BCUT2D eigenvalue weighted by atomic mass is 10.1. The van der Waals surface area contributed by atoms with Crippen LogP contribution in [-0.2, 0) is 0 Å². The second kappa shape index (κ2) is 3.60. The number of nitrogens with one attached hydrogen (secondary N) is 1. The van der Waals surface area contributed by atoms with Crippen LogP contribution in [0.2, 0.25) is 5.02 Å². The zero-order valence-electron chi connectivity index (χ0n) is 8.55. The number of benzene rings is 1. The Morgan fingerprint density at radius 3 is 2.87 bits per heavy atom. The molecular formula is C12H14ClNS. The fourth-order valence-corrected chi connectivity index (χ4v) is 4.33. The van der Waals surface area contributed by atoms with Crippen LogP contribution in [0.3, 0.4) is 0 Å². The topological polar surface area (TPSA) is 12.0 Å². The molecule has 15 heavy (non-hydrogen) atoms. The summed E-state index contributed by atoms with van der Waals surface area (Å²) in [6.07, 6.45) is 5.40. The highest BCUT2D eigenvalue weighted by atomic mass is 35.5. The maximum atomic E-state index is 6.24. The smallest absolute Gasteiger partial charge is 0.0563 e. The highest BCUT2D eigenvalue weighted by Crippen LogP contribution is 2.52. The standard InChI is InChI=1S/C12H14ClNS/c13-9-4-3-5-10-11(9)15-12(8-14-10)6-1-2-7-12/h3-5,14H,1-2,6-8H2. The van der Waals surface area contributed by atoms with Gasteiger partial charge in [-0.05, 0) is 25.0 Å². The zero-order chi connectivity index (χ0) is 10.3. The molecule has 1 heterocycles. The van der Waals surface area contributed by atoms with Crippen LogP contribution in [0.1, 0.15) is 25.7 Å². The first-order chi connectivity index (χ1) is 7.29. The summed E-state index contributed by atoms with van der Waals surface area (Å²) in [4.78, 5) is 1.26. The van der Waals surface area contributed by atoms with Gasteiger partial charge < -0.3 is 5.32 Å². The Kier molecular flexibility index (Phi) is 2.37. The maximum absolute atomic E-state index is 6.24. The third-order valence-electron chi connectivity index (χ3n) is 3.40. The van der Waals surface area contributed by atoms with Crippen molar-refractivity contribution in [1.29, 1.82) is 0 Å². The van der Waals surface area contributed by atoms with Crippen LogP contribution in [0.15, 0.2) is 23.1 Å². The molecular weight excluding hydrogens is 226 g/mol. The first kappa shape index (κ1) is 9.86. The summed E-state index contributed by atoms with van der Waals surface area (Å²) in [6, 6.07) is 6.13. The van der Waals surface area contributed by atoms with Crippen LogP contribution in [0, 0.1) is 0 Å². The van der Waals surface area contributed by atoms with Gasteiger partial charge in [-0.25, -0.2) is 0 Å². The fraction of sp³-hybridized carbons (Fsp3) is 0.500. The minimum absolute atomic E-state index is 0.429. The van der Waals surface area contributed by atoms with E-state index in [-0.39, 0.29) is 0 Å². The lowest BCUT2D eigenvalue weighted by Crippen LogP contribution is -2.33. The summed E-state index contributed by atoms with van der Waals surface area (Å²) in [5.74, 6) is 0. The van der Waals surface area contributed by atoms with Gasteiger partial charge in [0.25, 0.3) is 0 Å². The van der Waals surface area contributed by atoms with Crippen LogP contribution in [0.4, 0.5) is 5.69 Å². The van der Waals surface area contributed by atoms with Gasteiger partial charge in [0.1, 0.15) is 0 Å². The second-order valence-electron chi connectivity index (χ2n) is 4.46. The highest BCUT2D eigenvalue weighted by Gasteiger charge is 2.38. The molecule has 1 aromatic carbocycles. The molecule has 3 heteroatoms. The van der Waals surface area contributed by atoms with Crippen molar-refractivity contribution in [2.75, 3.05) is 11.9 Å². The number of thioether (sulfide) groups is 1. The summed E-state index contributed by atoms with van der Waals surface area (Å²) >= 11 is 8.24. The Labute approximate surface area is 99.6 Å². The Bertz CT molecular complexity index is 385. The second-order valence-corrected chi connectivity index (χ2v) is 6.35. The Morgan fingerprint density at radius 1 is 1.27 bits per heavy atom. The van der Waals surface area contributed by atoms with E-state index >= 15 is 0 Å². The summed E-state index contributed by atoms with van der Waals surface area (Å²) < 4.78 is 0.429. The summed E-state index contributed by atoms with van der Waals surface area (Å²) in [5, 5.41) is 4.43. The van der Waals surface area contributed by atoms with E-state index in [1.165, 1.54) is 36.3 Å². The number of rotatable bonds is 0. The van der Waals surface area contributed by atoms with Crippen LogP contribution in [-0.4, -0.2) is 11.3 Å². The molecule has 3 rings (SSSR count). The molecule has 0 unspecified atom stereocenters. The van der Waals surface area contributed by atoms with Gasteiger partial charge in [0.15, 0.2) is 0 Å². The van der Waals surface area contributed by atoms with Gasteiger partial charge in [0.2, 0.25) is 0 Å². The molecule has 0 bridgehead atoms. The molecule has 1 nitrogen and oxygen atoms in total. The van der Waals surface area contributed by atoms with Crippen LogP contribution in [0.5, 0.6) is 0 Å². The van der Waals surface area contributed by atoms with Crippen molar-refractivity contribution < 1.29 is 0 Å². The number of halogens is 1. The van der Waals surface area contributed by atoms with E-state index in [0.717, 1.165) is 11.6 Å². The number of hydrogen-bond acceptors (Lipinski definition) is 2. The molecule has 1 saturated carbocycles. The molecule has 1 aliphatic carbocycles. The fourth-order valence-electron chi connectivity index (χ4n) is 2.56. The zero-order valence-corrected chi connectivity index (χ0v) is 10.1. The SMILES string of the molecule is Clc1cccc2c1SC1(CCCC1)CN2. The van der Waals surface area contributed by atoms with E-state index in [1.54, 1.807) is 0 Å². The Morgan fingerprint density at radius 2 is 2.07 bits per heavy atom. The average Bonchev–Trinajstić information content (AvgIpc) is 2.68. The monoisotopic (exact) mass is 239 g/mol. The molecule has 0 amide bonds. The molecule has 0 radical (unpaired) electrons. The Balaban J connectivity index is 1.98. The number of hydrogen-bond donors (Lipinski definition) is 1. The quantitative estimate of drug-likeness (QED) is 0.729. The molecule has 1 N–H and O–H groups in total. The van der Waals surface area contributed by atoms with Gasteiger partial charge in [-0.3, -0.25) is 0 Å². The minimum Gasteiger partial charge on any atom is -0.383 e. The predicted octanol–water partition coefficient (Wildman–Crippen LogP) is 4.17. The molecule has 80 valence electrons. The van der Waals surface area contributed by atoms with E-state index in [0.29, 0.717) is 4.75 Å². The van der Waals surface area contributed by atoms with Gasteiger partial charge >= 0.3 is 0 Å². The van der Waals surface area contributed by atoms with Crippen molar-refractivity contribution in [2.45, 2.75) is 35.3 Å². The van der Waals surface area contributed by atoms with Gasteiger partial charge in [-0.2, -0.15) is 0 Å². The van der Waals surface area contributed by atoms with Crippen molar-refractivity contribution in [3.8, 4) is 0 Å². The molecule has 1 aromatic rings. The first-order valence-electron chi connectivity index (χ1n) is 5.51. The van der Waals surface area contributed by atoms with Gasteiger partial charge in [-0.15, -0.1) is 11.8 Å². The molecule has 1 aliphatic heterocycles. The molecule has 0 atom stereocenters. The van der Waals surface area contributed by atoms with Crippen LogP contribution < -0.4 is 5.32 Å². The van der Waals surface area contributed by atoms with Crippen molar-refractivity contribution in [3.63, 3.8) is 0 Å². The highest BCUT2D eigenvalue weighted by molar-refractivity contribution is 8.01. The Hall–Kier alpha value is -0.340. The molecule has 1 spiro atoms. The van der Waals surface area contributed by atoms with E-state index in [4.69, 9.17) is 11.6 Å². The van der Waals surface area contributed by atoms with Crippen molar-refractivity contribution in [3.05, 3.63) is 23.2 Å². The van der Waals surface area contributed by atoms with Gasteiger partial charge in [-0.1, -0.05) is 30.5 Å². The van der Waals surface area contributed by atoms with Crippen LogP contribution >= 0.6 is 23.4 Å². The largest absolute Gasteiger partial charge is 0.383 e. The van der Waals surface area contributed by atoms with E-state index < -0.39 is 0 Å². The number of anilines is 1. The molecule has 2 aliphatic rings. The lowest BCUT2D eigenvalue weighted by Gasteiger charge is -2.35. The van der Waals surface area contributed by atoms with Crippen LogP contribution in [0.25, 0.3) is 0 Å². The molecule has 0 saturated heterocycles. The summed E-state index contributed by atoms with van der Waals surface area (Å²) in [5.41, 5.74) is 1.21. The predicted molar refractivity (Wildman–Crippen MR) is 67.0 cm³/mol. The third kappa shape index (κ3) is 1.64. The average molecular weight is 240 g/mol. The van der Waals surface area contributed by atoms with Gasteiger partial charge in [0.05, 0.1) is 5.02 Å². The first-order valence-corrected chi connectivity index (χ1v) is 6.70. The third-order valence-corrected chi connectivity index (χ3v) is 5.46. The minimum atomic E-state index is 0.429. The summed E-state index contributed by atoms with van der Waals surface area (Å²) in [7, 11) is 0.